The molecule has 6 bridgehead atoms. The van der Waals surface area contributed by atoms with Crippen molar-refractivity contribution in [2.24, 2.45) is 70.0 Å². The van der Waals surface area contributed by atoms with Gasteiger partial charge in [-0.25, -0.2) is 0 Å². The van der Waals surface area contributed by atoms with Crippen molar-refractivity contribution >= 4 is 29.8 Å². The van der Waals surface area contributed by atoms with E-state index >= 15 is 0 Å². The minimum Gasteiger partial charge on any atom is -0.465 e. The summed E-state index contributed by atoms with van der Waals surface area (Å²) in [6, 6.07) is 0. The van der Waals surface area contributed by atoms with E-state index in [-0.39, 0.29) is 59.3 Å². The van der Waals surface area contributed by atoms with Crippen LogP contribution in [0, 0.1) is 70.0 Å². The van der Waals surface area contributed by atoms with Gasteiger partial charge in [0.15, 0.2) is 0 Å². The molecule has 3 heterocycles. The molecular formula is C35H46O10. The van der Waals surface area contributed by atoms with Gasteiger partial charge in [-0.05, 0) is 100 Å². The summed E-state index contributed by atoms with van der Waals surface area (Å²) in [4.78, 5) is 67.0. The molecule has 9 fully saturated rings. The van der Waals surface area contributed by atoms with E-state index in [0.29, 0.717) is 45.3 Å². The van der Waals surface area contributed by atoms with Crippen LogP contribution in [0.1, 0.15) is 91.4 Å². The van der Waals surface area contributed by atoms with Gasteiger partial charge in [0, 0.05) is 18.8 Å². The lowest BCUT2D eigenvalue weighted by atomic mass is 9.47. The van der Waals surface area contributed by atoms with Crippen LogP contribution < -0.4 is 0 Å². The average Bonchev–Trinajstić information content (AvgIpc) is 3.70. The fourth-order valence-electron chi connectivity index (χ4n) is 12.3. The highest BCUT2D eigenvalue weighted by molar-refractivity contribution is 5.99. The maximum atomic E-state index is 14.7. The maximum Gasteiger partial charge on any atom is 0.318 e. The van der Waals surface area contributed by atoms with Crippen LogP contribution in [-0.2, 0) is 47.7 Å². The Bertz CT molecular complexity index is 1300. The number of rotatable bonds is 7. The number of fused-ring (bicyclic) bond motifs is 5. The molecule has 6 aliphatic carbocycles. The third-order valence-corrected chi connectivity index (χ3v) is 13.9. The van der Waals surface area contributed by atoms with E-state index in [2.05, 4.69) is 6.92 Å². The maximum absolute atomic E-state index is 14.7. The first kappa shape index (κ1) is 29.9. The number of ether oxygens (including phenoxy) is 5. The number of carbonyl (C=O) groups excluding carboxylic acids is 5. The lowest BCUT2D eigenvalue weighted by molar-refractivity contribution is -0.234. The Labute approximate surface area is 263 Å². The second-order valence-corrected chi connectivity index (χ2v) is 16.5. The molecule has 6 saturated carbocycles. The van der Waals surface area contributed by atoms with E-state index < -0.39 is 52.5 Å². The van der Waals surface area contributed by atoms with Crippen molar-refractivity contribution in [1.29, 1.82) is 0 Å². The van der Waals surface area contributed by atoms with E-state index in [1.807, 2.05) is 0 Å². The fourth-order valence-corrected chi connectivity index (χ4v) is 12.3. The Balaban J connectivity index is 1.07. The third kappa shape index (κ3) is 4.46. The van der Waals surface area contributed by atoms with Gasteiger partial charge >= 0.3 is 29.8 Å². The Kier molecular flexibility index (Phi) is 6.81. The molecule has 0 N–H and O–H groups in total. The van der Waals surface area contributed by atoms with Crippen LogP contribution in [0.25, 0.3) is 0 Å². The van der Waals surface area contributed by atoms with E-state index in [9.17, 15) is 24.0 Å². The number of hydrogen-bond donors (Lipinski definition) is 0. The lowest BCUT2D eigenvalue weighted by Crippen LogP contribution is -2.61. The van der Waals surface area contributed by atoms with Crippen LogP contribution in [0.5, 0.6) is 0 Å². The predicted molar refractivity (Wildman–Crippen MR) is 154 cm³/mol. The van der Waals surface area contributed by atoms with Gasteiger partial charge < -0.3 is 23.7 Å². The predicted octanol–water partition coefficient (Wildman–Crippen LogP) is 4.36. The topological polar surface area (TPSA) is 132 Å². The zero-order valence-electron chi connectivity index (χ0n) is 26.6. The van der Waals surface area contributed by atoms with E-state index in [4.69, 9.17) is 23.7 Å². The van der Waals surface area contributed by atoms with Crippen LogP contribution in [0.15, 0.2) is 0 Å². The number of carbonyl (C=O) groups is 5. The summed E-state index contributed by atoms with van der Waals surface area (Å²) in [6.07, 6.45) is 7.68. The van der Waals surface area contributed by atoms with Crippen molar-refractivity contribution in [1.82, 2.24) is 0 Å². The highest BCUT2D eigenvalue weighted by Gasteiger charge is 2.67. The van der Waals surface area contributed by atoms with Gasteiger partial charge in [-0.3, -0.25) is 24.0 Å². The molecule has 0 spiro atoms. The van der Waals surface area contributed by atoms with E-state index in [1.54, 1.807) is 13.8 Å². The first-order valence-corrected chi connectivity index (χ1v) is 17.4. The van der Waals surface area contributed by atoms with Crippen molar-refractivity contribution in [3.05, 3.63) is 0 Å². The van der Waals surface area contributed by atoms with Crippen molar-refractivity contribution in [2.75, 3.05) is 13.2 Å². The number of hydrogen-bond acceptors (Lipinski definition) is 10. The largest absolute Gasteiger partial charge is 0.465 e. The van der Waals surface area contributed by atoms with Gasteiger partial charge in [0.05, 0.1) is 41.8 Å². The monoisotopic (exact) mass is 626 g/mol. The summed E-state index contributed by atoms with van der Waals surface area (Å²) in [5.41, 5.74) is -2.83. The zero-order chi connectivity index (χ0) is 31.5. The van der Waals surface area contributed by atoms with Crippen LogP contribution in [0.3, 0.4) is 0 Å². The highest BCUT2D eigenvalue weighted by Crippen LogP contribution is 2.66. The molecule has 0 amide bonds. The standard InChI is InChI=1S/C35H46O10/c1-17-21-9-22(24-15-42-29(37)26(21)24)23(17)14-33(3,27-18(2)28(36)44-30(27)38)31(39)45-35-12-19-8-20(13-35)11-34(10-19,16-35)32(40)43-25-6-4-5-7-41-25/h17-27H,4-16H2,1-3H3. The molecule has 10 heteroatoms. The molecule has 0 aromatic rings. The zero-order valence-corrected chi connectivity index (χ0v) is 26.6. The SMILES string of the molecule is CC1C(=O)OC(=O)C1C(C)(CC1C(C)C2CC1C1COC(=O)C21)C(=O)OC12CC3CC(C1)CC(C(=O)OC1CCCCO1)(C3)C2. The molecule has 0 aromatic heterocycles. The quantitative estimate of drug-likeness (QED) is 0.228. The first-order valence-electron chi connectivity index (χ1n) is 17.4. The summed E-state index contributed by atoms with van der Waals surface area (Å²) >= 11 is 0. The highest BCUT2D eigenvalue weighted by atomic mass is 16.7. The lowest BCUT2D eigenvalue weighted by Gasteiger charge is -2.60. The van der Waals surface area contributed by atoms with E-state index in [1.165, 1.54) is 0 Å². The molecule has 3 saturated heterocycles. The second kappa shape index (κ2) is 10.3. The molecule has 0 aromatic carbocycles. The summed E-state index contributed by atoms with van der Waals surface area (Å²) < 4.78 is 28.9. The summed E-state index contributed by atoms with van der Waals surface area (Å²) in [5, 5.41) is 0. The van der Waals surface area contributed by atoms with Gasteiger partial charge in [-0.1, -0.05) is 13.8 Å². The van der Waals surface area contributed by atoms with Gasteiger partial charge in [0.25, 0.3) is 0 Å². The Morgan fingerprint density at radius 1 is 0.933 bits per heavy atom. The van der Waals surface area contributed by atoms with E-state index in [0.717, 1.165) is 38.5 Å². The van der Waals surface area contributed by atoms with Gasteiger partial charge in [0.2, 0.25) is 6.29 Å². The van der Waals surface area contributed by atoms with Crippen molar-refractivity contribution in [3.8, 4) is 0 Å². The molecule has 3 aliphatic heterocycles. The third-order valence-electron chi connectivity index (χ3n) is 13.9. The smallest absolute Gasteiger partial charge is 0.318 e. The van der Waals surface area contributed by atoms with Crippen molar-refractivity contribution < 1.29 is 47.7 Å². The van der Waals surface area contributed by atoms with Crippen LogP contribution in [0.2, 0.25) is 0 Å². The minimum absolute atomic E-state index is 0.0761. The molecule has 12 unspecified atom stereocenters. The molecule has 12 atom stereocenters. The molecular weight excluding hydrogens is 580 g/mol. The summed E-state index contributed by atoms with van der Waals surface area (Å²) in [6.45, 7) is 6.59. The Hall–Kier alpha value is -2.49. The molecule has 246 valence electrons. The first-order chi connectivity index (χ1) is 21.4. The molecule has 45 heavy (non-hydrogen) atoms. The molecule has 9 rings (SSSR count). The molecule has 0 radical (unpaired) electrons. The van der Waals surface area contributed by atoms with Crippen molar-refractivity contribution in [2.45, 2.75) is 103 Å². The van der Waals surface area contributed by atoms with Gasteiger partial charge in [-0.15, -0.1) is 0 Å². The average molecular weight is 627 g/mol. The van der Waals surface area contributed by atoms with Crippen LogP contribution in [-0.4, -0.2) is 55.0 Å². The number of cyclic esters (lactones) is 3. The van der Waals surface area contributed by atoms with Crippen molar-refractivity contribution in [3.63, 3.8) is 0 Å². The normalized spacial score (nSPS) is 49.0. The molecule has 10 nitrogen and oxygen atoms in total. The number of esters is 5. The van der Waals surface area contributed by atoms with Crippen LogP contribution >= 0.6 is 0 Å². The minimum atomic E-state index is -1.31. The Morgan fingerprint density at radius 3 is 2.36 bits per heavy atom. The fraction of sp³-hybridized carbons (Fsp3) is 0.857. The van der Waals surface area contributed by atoms with Gasteiger partial charge in [0.1, 0.15) is 5.60 Å². The summed E-state index contributed by atoms with van der Waals surface area (Å²) in [5.74, 6) is -2.65. The van der Waals surface area contributed by atoms with Gasteiger partial charge in [-0.2, -0.15) is 0 Å². The van der Waals surface area contributed by atoms with Crippen LogP contribution in [0.4, 0.5) is 0 Å². The Morgan fingerprint density at radius 2 is 1.69 bits per heavy atom. The molecule has 9 aliphatic rings. The second-order valence-electron chi connectivity index (χ2n) is 16.5. The summed E-state index contributed by atoms with van der Waals surface area (Å²) in [7, 11) is 0.